The van der Waals surface area contributed by atoms with Crippen LogP contribution in [0.15, 0.2) is 17.0 Å². The SMILES string of the molecule is COCC(C)NS(=O)(=O)c1ccc(Cl)c(C(=O)O)c1Cl. The number of carbonyl (C=O) groups is 1. The zero-order valence-corrected chi connectivity index (χ0v) is 13.0. The van der Waals surface area contributed by atoms with Crippen LogP contribution in [0.25, 0.3) is 0 Å². The summed E-state index contributed by atoms with van der Waals surface area (Å²) < 4.78 is 31.4. The number of sulfonamides is 1. The maximum Gasteiger partial charge on any atom is 0.338 e. The van der Waals surface area contributed by atoms with Gasteiger partial charge in [-0.25, -0.2) is 17.9 Å². The van der Waals surface area contributed by atoms with Gasteiger partial charge < -0.3 is 9.84 Å². The van der Waals surface area contributed by atoms with E-state index in [1.165, 1.54) is 13.2 Å². The average molecular weight is 342 g/mol. The molecule has 9 heteroatoms. The highest BCUT2D eigenvalue weighted by molar-refractivity contribution is 7.89. The van der Waals surface area contributed by atoms with Crippen LogP contribution in [-0.4, -0.2) is 39.3 Å². The predicted molar refractivity (Wildman–Crippen MR) is 75.1 cm³/mol. The van der Waals surface area contributed by atoms with Crippen LogP contribution >= 0.6 is 23.2 Å². The van der Waals surface area contributed by atoms with Gasteiger partial charge in [0.2, 0.25) is 10.0 Å². The van der Waals surface area contributed by atoms with Gasteiger partial charge in [-0.1, -0.05) is 23.2 Å². The van der Waals surface area contributed by atoms with Crippen molar-refractivity contribution in [3.05, 3.63) is 27.7 Å². The molecule has 0 heterocycles. The van der Waals surface area contributed by atoms with Crippen LogP contribution in [0.5, 0.6) is 0 Å². The normalized spacial score (nSPS) is 13.2. The number of halogens is 2. The van der Waals surface area contributed by atoms with E-state index in [2.05, 4.69) is 4.72 Å². The molecule has 0 spiro atoms. The Bertz CT molecular complexity index is 617. The average Bonchev–Trinajstić information content (AvgIpc) is 2.27. The third kappa shape index (κ3) is 3.83. The van der Waals surface area contributed by atoms with Crippen molar-refractivity contribution in [2.24, 2.45) is 0 Å². The molecule has 112 valence electrons. The largest absolute Gasteiger partial charge is 0.478 e. The molecule has 0 aliphatic heterocycles. The van der Waals surface area contributed by atoms with E-state index in [9.17, 15) is 13.2 Å². The predicted octanol–water partition coefficient (Wildman–Crippen LogP) is 2.00. The van der Waals surface area contributed by atoms with E-state index >= 15 is 0 Å². The zero-order valence-electron chi connectivity index (χ0n) is 10.7. The van der Waals surface area contributed by atoms with Crippen LogP contribution in [-0.2, 0) is 14.8 Å². The number of ether oxygens (including phenoxy) is 1. The minimum Gasteiger partial charge on any atom is -0.478 e. The lowest BCUT2D eigenvalue weighted by atomic mass is 10.2. The molecule has 1 aromatic rings. The Balaban J connectivity index is 3.26. The van der Waals surface area contributed by atoms with Gasteiger partial charge in [-0.3, -0.25) is 0 Å². The number of hydrogen-bond acceptors (Lipinski definition) is 4. The molecule has 2 N–H and O–H groups in total. The Hall–Kier alpha value is -0.860. The van der Waals surface area contributed by atoms with Crippen molar-refractivity contribution >= 4 is 39.2 Å². The number of aromatic carboxylic acids is 1. The van der Waals surface area contributed by atoms with E-state index in [0.717, 1.165) is 6.07 Å². The Morgan fingerprint density at radius 3 is 2.55 bits per heavy atom. The number of rotatable bonds is 6. The number of nitrogens with one attached hydrogen (secondary N) is 1. The van der Waals surface area contributed by atoms with Crippen LogP contribution in [0.3, 0.4) is 0 Å². The first kappa shape index (κ1) is 17.2. The summed E-state index contributed by atoms with van der Waals surface area (Å²) in [7, 11) is -2.54. The van der Waals surface area contributed by atoms with E-state index < -0.39 is 32.6 Å². The van der Waals surface area contributed by atoms with Gasteiger partial charge in [-0.05, 0) is 19.1 Å². The van der Waals surface area contributed by atoms with Crippen molar-refractivity contribution in [3.8, 4) is 0 Å². The molecule has 20 heavy (non-hydrogen) atoms. The fourth-order valence-corrected chi connectivity index (χ4v) is 3.70. The second-order valence-electron chi connectivity index (χ2n) is 4.02. The van der Waals surface area contributed by atoms with Crippen LogP contribution in [0.2, 0.25) is 10.0 Å². The molecule has 0 aromatic heterocycles. The molecule has 0 aliphatic rings. The topological polar surface area (TPSA) is 92.7 Å². The molecular formula is C11H13Cl2NO5S. The molecule has 0 aliphatic carbocycles. The fraction of sp³-hybridized carbons (Fsp3) is 0.364. The monoisotopic (exact) mass is 341 g/mol. The molecule has 0 fully saturated rings. The van der Waals surface area contributed by atoms with E-state index in [0.29, 0.717) is 0 Å². The second kappa shape index (κ2) is 6.73. The van der Waals surface area contributed by atoms with Crippen LogP contribution in [0.1, 0.15) is 17.3 Å². The fourth-order valence-electron chi connectivity index (χ4n) is 1.55. The van der Waals surface area contributed by atoms with Crippen molar-refractivity contribution in [1.29, 1.82) is 0 Å². The van der Waals surface area contributed by atoms with Gasteiger partial charge >= 0.3 is 5.97 Å². The molecule has 0 radical (unpaired) electrons. The smallest absolute Gasteiger partial charge is 0.338 e. The molecule has 6 nitrogen and oxygen atoms in total. The summed E-state index contributed by atoms with van der Waals surface area (Å²) in [5.74, 6) is -1.40. The van der Waals surface area contributed by atoms with Crippen molar-refractivity contribution in [1.82, 2.24) is 4.72 Å². The van der Waals surface area contributed by atoms with E-state index in [-0.39, 0.29) is 16.5 Å². The van der Waals surface area contributed by atoms with Gasteiger partial charge in [0, 0.05) is 13.2 Å². The van der Waals surface area contributed by atoms with Gasteiger partial charge in [0.25, 0.3) is 0 Å². The molecule has 0 saturated carbocycles. The number of benzene rings is 1. The third-order valence-corrected chi connectivity index (χ3v) is 4.78. The molecule has 0 bridgehead atoms. The summed E-state index contributed by atoms with van der Waals surface area (Å²) >= 11 is 11.5. The van der Waals surface area contributed by atoms with Crippen molar-refractivity contribution < 1.29 is 23.1 Å². The summed E-state index contributed by atoms with van der Waals surface area (Å²) in [4.78, 5) is 10.7. The van der Waals surface area contributed by atoms with Crippen molar-refractivity contribution in [2.75, 3.05) is 13.7 Å². The maximum atomic E-state index is 12.1. The molecular weight excluding hydrogens is 329 g/mol. The summed E-state index contributed by atoms with van der Waals surface area (Å²) in [6.07, 6.45) is 0. The lowest BCUT2D eigenvalue weighted by Gasteiger charge is -2.15. The van der Waals surface area contributed by atoms with Crippen LogP contribution in [0.4, 0.5) is 0 Å². The summed E-state index contributed by atoms with van der Waals surface area (Å²) in [6, 6.07) is 1.83. The third-order valence-electron chi connectivity index (χ3n) is 2.33. The van der Waals surface area contributed by atoms with Crippen LogP contribution < -0.4 is 4.72 Å². The Kier molecular flexibility index (Phi) is 5.79. The quantitative estimate of drug-likeness (QED) is 0.825. The van der Waals surface area contributed by atoms with E-state index in [1.54, 1.807) is 6.92 Å². The highest BCUT2D eigenvalue weighted by Gasteiger charge is 2.25. The maximum absolute atomic E-state index is 12.1. The standard InChI is InChI=1S/C11H13Cl2NO5S/c1-6(5-19-2)14-20(17,18)8-4-3-7(12)9(10(8)13)11(15)16/h3-4,6,14H,5H2,1-2H3,(H,15,16). The lowest BCUT2D eigenvalue weighted by Crippen LogP contribution is -2.35. The number of hydrogen-bond donors (Lipinski definition) is 2. The van der Waals surface area contributed by atoms with Gasteiger partial charge in [-0.15, -0.1) is 0 Å². The highest BCUT2D eigenvalue weighted by Crippen LogP contribution is 2.31. The molecule has 1 rings (SSSR count). The van der Waals surface area contributed by atoms with E-state index in [1.807, 2.05) is 0 Å². The zero-order chi connectivity index (χ0) is 15.5. The summed E-state index contributed by atoms with van der Waals surface area (Å²) in [5.41, 5.74) is -0.449. The highest BCUT2D eigenvalue weighted by atomic mass is 35.5. The minimum absolute atomic E-state index is 0.133. The number of methoxy groups -OCH3 is 1. The number of carboxylic acid groups (broad SMARTS) is 1. The summed E-state index contributed by atoms with van der Waals surface area (Å²) in [6.45, 7) is 1.76. The van der Waals surface area contributed by atoms with Crippen molar-refractivity contribution in [2.45, 2.75) is 17.9 Å². The molecule has 1 aromatic carbocycles. The van der Waals surface area contributed by atoms with Crippen LogP contribution in [0, 0.1) is 0 Å². The number of carboxylic acids is 1. The molecule has 1 atom stereocenters. The first-order chi connectivity index (χ1) is 9.20. The Morgan fingerprint density at radius 2 is 2.05 bits per heavy atom. The van der Waals surface area contributed by atoms with Gasteiger partial charge in [0.1, 0.15) is 4.90 Å². The Morgan fingerprint density at radius 1 is 1.45 bits per heavy atom. The molecule has 0 amide bonds. The first-order valence-corrected chi connectivity index (χ1v) is 7.67. The van der Waals surface area contributed by atoms with Gasteiger partial charge in [0.05, 0.1) is 22.2 Å². The molecule has 0 saturated heterocycles. The van der Waals surface area contributed by atoms with Crippen molar-refractivity contribution in [3.63, 3.8) is 0 Å². The minimum atomic E-state index is -3.97. The second-order valence-corrected chi connectivity index (χ2v) is 6.48. The van der Waals surface area contributed by atoms with Gasteiger partial charge in [-0.2, -0.15) is 0 Å². The van der Waals surface area contributed by atoms with Gasteiger partial charge in [0.15, 0.2) is 0 Å². The Labute approximate surface area is 126 Å². The lowest BCUT2D eigenvalue weighted by molar-refractivity contribution is 0.0697. The molecule has 1 unspecified atom stereocenters. The van der Waals surface area contributed by atoms with E-state index in [4.69, 9.17) is 33.0 Å². The first-order valence-electron chi connectivity index (χ1n) is 5.43. The summed E-state index contributed by atoms with van der Waals surface area (Å²) in [5, 5.41) is 8.44.